The van der Waals surface area contributed by atoms with Gasteiger partial charge >= 0.3 is 0 Å². The van der Waals surface area contributed by atoms with Crippen LogP contribution in [0, 0.1) is 0 Å². The highest BCUT2D eigenvalue weighted by molar-refractivity contribution is 7.11. The molecule has 0 aliphatic heterocycles. The Bertz CT molecular complexity index is 371. The second-order valence-corrected chi connectivity index (χ2v) is 8.21. The number of nitrogens with zero attached hydrogens (tertiary/aromatic N) is 1. The first-order valence-corrected chi connectivity index (χ1v) is 9.31. The van der Waals surface area contributed by atoms with Crippen molar-refractivity contribution >= 4 is 11.3 Å². The summed E-state index contributed by atoms with van der Waals surface area (Å²) in [4.78, 5) is 5.58. The molecule has 0 unspecified atom stereocenters. The lowest BCUT2D eigenvalue weighted by Gasteiger charge is -2.21. The number of rotatable bonds is 10. The maximum atomic E-state index is 3.57. The summed E-state index contributed by atoms with van der Waals surface area (Å²) < 4.78 is 0. The molecule has 3 heteroatoms. The molecular formula is C18H34N2S. The molecule has 1 aromatic rings. The molecule has 122 valence electrons. The first-order chi connectivity index (χ1) is 9.94. The lowest BCUT2D eigenvalue weighted by Crippen LogP contribution is -2.34. The van der Waals surface area contributed by atoms with Crippen molar-refractivity contribution in [2.45, 2.75) is 78.9 Å². The lowest BCUT2D eigenvalue weighted by molar-refractivity contribution is 0.259. The van der Waals surface area contributed by atoms with Gasteiger partial charge in [0.25, 0.3) is 0 Å². The van der Waals surface area contributed by atoms with Crippen LogP contribution < -0.4 is 5.32 Å². The summed E-state index contributed by atoms with van der Waals surface area (Å²) in [7, 11) is 0. The first kappa shape index (κ1) is 18.7. The largest absolute Gasteiger partial charge is 0.307 e. The Morgan fingerprint density at radius 1 is 1.00 bits per heavy atom. The van der Waals surface area contributed by atoms with E-state index in [2.05, 4.69) is 57.0 Å². The van der Waals surface area contributed by atoms with Crippen LogP contribution in [-0.4, -0.2) is 23.5 Å². The van der Waals surface area contributed by atoms with E-state index in [0.29, 0.717) is 0 Å². The number of hydrogen-bond donors (Lipinski definition) is 1. The fraction of sp³-hybridized carbons (Fsp3) is 0.778. The molecule has 21 heavy (non-hydrogen) atoms. The third-order valence-corrected chi connectivity index (χ3v) is 4.62. The highest BCUT2D eigenvalue weighted by atomic mass is 32.1. The predicted molar refractivity (Wildman–Crippen MR) is 96.0 cm³/mol. The van der Waals surface area contributed by atoms with Crippen LogP contribution in [0.3, 0.4) is 0 Å². The Hall–Kier alpha value is -0.380. The molecule has 0 saturated carbocycles. The molecule has 0 aliphatic carbocycles. The van der Waals surface area contributed by atoms with E-state index in [1.165, 1.54) is 48.5 Å². The topological polar surface area (TPSA) is 15.3 Å². The van der Waals surface area contributed by atoms with Gasteiger partial charge < -0.3 is 5.32 Å². The maximum absolute atomic E-state index is 3.57. The van der Waals surface area contributed by atoms with Crippen molar-refractivity contribution in [1.29, 1.82) is 0 Å². The van der Waals surface area contributed by atoms with E-state index in [4.69, 9.17) is 0 Å². The summed E-state index contributed by atoms with van der Waals surface area (Å²) >= 11 is 1.96. The van der Waals surface area contributed by atoms with Crippen LogP contribution in [0.1, 0.15) is 70.1 Å². The number of nitrogens with one attached hydrogen (secondary N) is 1. The molecular weight excluding hydrogens is 276 g/mol. The van der Waals surface area contributed by atoms with Gasteiger partial charge in [-0.1, -0.05) is 26.7 Å². The lowest BCUT2D eigenvalue weighted by atomic mass is 10.1. The standard InChI is InChI=1S/C18H34N2S/c1-6-8-12-20(13-9-7-2)15-17-11-10-16(21-17)14-19-18(3,4)5/h10-11,19H,6-9,12-15H2,1-5H3. The van der Waals surface area contributed by atoms with Crippen LogP contribution in [0.5, 0.6) is 0 Å². The zero-order chi connectivity index (χ0) is 15.7. The molecule has 0 amide bonds. The third kappa shape index (κ3) is 8.60. The second kappa shape index (κ2) is 9.60. The van der Waals surface area contributed by atoms with Gasteiger partial charge in [-0.3, -0.25) is 4.90 Å². The average molecular weight is 311 g/mol. The monoisotopic (exact) mass is 310 g/mol. The van der Waals surface area contributed by atoms with Crippen molar-refractivity contribution < 1.29 is 0 Å². The van der Waals surface area contributed by atoms with Crippen LogP contribution in [-0.2, 0) is 13.1 Å². The smallest absolute Gasteiger partial charge is 0.0328 e. The van der Waals surface area contributed by atoms with Crippen LogP contribution in [0.25, 0.3) is 0 Å². The van der Waals surface area contributed by atoms with Gasteiger partial charge in [0.1, 0.15) is 0 Å². The number of hydrogen-bond acceptors (Lipinski definition) is 3. The fourth-order valence-corrected chi connectivity index (χ4v) is 3.21. The Morgan fingerprint density at radius 3 is 2.10 bits per heavy atom. The van der Waals surface area contributed by atoms with E-state index < -0.39 is 0 Å². The Kier molecular flexibility index (Phi) is 8.53. The van der Waals surface area contributed by atoms with E-state index in [9.17, 15) is 0 Å². The normalized spacial score (nSPS) is 12.3. The minimum Gasteiger partial charge on any atom is -0.307 e. The zero-order valence-electron chi connectivity index (χ0n) is 14.7. The summed E-state index contributed by atoms with van der Waals surface area (Å²) in [6, 6.07) is 4.60. The minimum absolute atomic E-state index is 0.193. The molecule has 0 fully saturated rings. The summed E-state index contributed by atoms with van der Waals surface area (Å²) in [5.74, 6) is 0. The van der Waals surface area contributed by atoms with E-state index in [1.807, 2.05) is 11.3 Å². The highest BCUT2D eigenvalue weighted by Gasteiger charge is 2.11. The molecule has 1 aromatic heterocycles. The molecule has 0 radical (unpaired) electrons. The van der Waals surface area contributed by atoms with Crippen molar-refractivity contribution in [2.24, 2.45) is 0 Å². The third-order valence-electron chi connectivity index (χ3n) is 3.55. The highest BCUT2D eigenvalue weighted by Crippen LogP contribution is 2.19. The van der Waals surface area contributed by atoms with Crippen LogP contribution in [0.4, 0.5) is 0 Å². The maximum Gasteiger partial charge on any atom is 0.0328 e. The molecule has 1 N–H and O–H groups in total. The van der Waals surface area contributed by atoms with Crippen molar-refractivity contribution in [3.8, 4) is 0 Å². The van der Waals surface area contributed by atoms with E-state index >= 15 is 0 Å². The molecule has 2 nitrogen and oxygen atoms in total. The van der Waals surface area contributed by atoms with Gasteiger partial charge in [0.2, 0.25) is 0 Å². The van der Waals surface area contributed by atoms with Gasteiger partial charge in [0.05, 0.1) is 0 Å². The Labute approximate surface area is 135 Å². The van der Waals surface area contributed by atoms with E-state index in [0.717, 1.165) is 13.1 Å². The molecule has 0 aliphatic rings. The van der Waals surface area contributed by atoms with Gasteiger partial charge in [0.15, 0.2) is 0 Å². The van der Waals surface area contributed by atoms with E-state index in [-0.39, 0.29) is 5.54 Å². The van der Waals surface area contributed by atoms with Gasteiger partial charge in [-0.15, -0.1) is 11.3 Å². The Morgan fingerprint density at radius 2 is 1.57 bits per heavy atom. The van der Waals surface area contributed by atoms with Crippen molar-refractivity contribution in [3.63, 3.8) is 0 Å². The van der Waals surface area contributed by atoms with Crippen molar-refractivity contribution in [2.75, 3.05) is 13.1 Å². The quantitative estimate of drug-likeness (QED) is 0.651. The van der Waals surface area contributed by atoms with Crippen LogP contribution in [0.15, 0.2) is 12.1 Å². The van der Waals surface area contributed by atoms with Crippen LogP contribution >= 0.6 is 11.3 Å². The zero-order valence-corrected chi connectivity index (χ0v) is 15.5. The van der Waals surface area contributed by atoms with Gasteiger partial charge in [0, 0.05) is 28.4 Å². The summed E-state index contributed by atoms with van der Waals surface area (Å²) in [6.07, 6.45) is 5.20. The first-order valence-electron chi connectivity index (χ1n) is 8.49. The summed E-state index contributed by atoms with van der Waals surface area (Å²) in [6.45, 7) is 15.8. The molecule has 0 bridgehead atoms. The summed E-state index contributed by atoms with van der Waals surface area (Å²) in [5, 5.41) is 3.57. The van der Waals surface area contributed by atoms with Crippen molar-refractivity contribution in [1.82, 2.24) is 10.2 Å². The van der Waals surface area contributed by atoms with Gasteiger partial charge in [-0.05, 0) is 58.8 Å². The number of thiophene rings is 1. The van der Waals surface area contributed by atoms with Crippen LogP contribution in [0.2, 0.25) is 0 Å². The molecule has 0 aromatic carbocycles. The van der Waals surface area contributed by atoms with Gasteiger partial charge in [-0.25, -0.2) is 0 Å². The van der Waals surface area contributed by atoms with E-state index in [1.54, 1.807) is 0 Å². The second-order valence-electron chi connectivity index (χ2n) is 6.95. The predicted octanol–water partition coefficient (Wildman–Crippen LogP) is 5.04. The average Bonchev–Trinajstić information content (AvgIpc) is 2.86. The fourth-order valence-electron chi connectivity index (χ4n) is 2.21. The molecule has 0 atom stereocenters. The number of unbranched alkanes of at least 4 members (excludes halogenated alkanes) is 2. The molecule has 1 heterocycles. The SMILES string of the molecule is CCCCN(CCCC)Cc1ccc(CNC(C)(C)C)s1. The van der Waals surface area contributed by atoms with Gasteiger partial charge in [-0.2, -0.15) is 0 Å². The molecule has 1 rings (SSSR count). The molecule has 0 spiro atoms. The molecule has 0 saturated heterocycles. The minimum atomic E-state index is 0.193. The Balaban J connectivity index is 2.49. The summed E-state index contributed by atoms with van der Waals surface area (Å²) in [5.41, 5.74) is 0.193. The van der Waals surface area contributed by atoms with Crippen molar-refractivity contribution in [3.05, 3.63) is 21.9 Å².